The molecule has 118 heavy (non-hydrogen) atoms. The summed E-state index contributed by atoms with van der Waals surface area (Å²) < 4.78 is 4.77. The van der Waals surface area contributed by atoms with Crippen LogP contribution in [-0.4, -0.2) is 44.0 Å². The highest BCUT2D eigenvalue weighted by molar-refractivity contribution is 6.24. The van der Waals surface area contributed by atoms with E-state index in [-0.39, 0.29) is 0 Å². The molecule has 8 heterocycles. The highest BCUT2D eigenvalue weighted by Crippen LogP contribution is 2.45. The van der Waals surface area contributed by atoms with Gasteiger partial charge in [0.1, 0.15) is 0 Å². The summed E-state index contributed by atoms with van der Waals surface area (Å²) in [5, 5.41) is 6.95. The van der Waals surface area contributed by atoms with Crippen LogP contribution in [0.1, 0.15) is 0 Å². The fourth-order valence-electron chi connectivity index (χ4n) is 16.6. The van der Waals surface area contributed by atoms with Gasteiger partial charge in [-0.05, 0) is 147 Å². The van der Waals surface area contributed by atoms with Crippen molar-refractivity contribution in [2.75, 3.05) is 0 Å². The van der Waals surface area contributed by atoms with Gasteiger partial charge >= 0.3 is 0 Å². The van der Waals surface area contributed by atoms with Crippen LogP contribution in [0.5, 0.6) is 0 Å². The third-order valence-corrected chi connectivity index (χ3v) is 22.4. The van der Waals surface area contributed by atoms with Crippen molar-refractivity contribution >= 4 is 65.4 Å². The Balaban J connectivity index is 0.000000150. The molecule has 0 spiro atoms. The van der Waals surface area contributed by atoms with Crippen LogP contribution >= 0.6 is 0 Å². The normalized spacial score (nSPS) is 11.4. The standard InChI is InChI=1S/C61H40N4.C48H31N5/c1-4-14-41(15-5-1)43-24-32-47(33-25-43)55-40-56(48-34-26-44(27-35-48)42-16-6-2-7-17-42)64-61(63-55)50-38-30-46(31-39-50)45-28-36-49(37-29-45)59-58-53-21-11-13-23-57(53)65(51-18-8-3-9-19-51)60(58)52-20-10-12-22-54(52)62-59;1-2-12-37(13-3-1)53-45-19-7-5-15-39(45)46-47(52-40-16-6-4-14-38(40)48(46)53)35-26-24-33(25-27-35)32-20-22-34(23-21-32)36-30-43(41-17-8-10-28-49-41)51-44(31-36)42-18-9-11-29-50-42/h1-40H;1-31H. The molecule has 552 valence electrons. The Bertz CT molecular complexity index is 7270. The molecule has 0 aliphatic rings. The summed E-state index contributed by atoms with van der Waals surface area (Å²) in [5.74, 6) is 0.680. The van der Waals surface area contributed by atoms with E-state index in [4.69, 9.17) is 24.9 Å². The van der Waals surface area contributed by atoms with Crippen LogP contribution < -0.4 is 0 Å². The molecule has 0 saturated heterocycles. The van der Waals surface area contributed by atoms with E-state index in [1.54, 1.807) is 12.4 Å². The number of nitrogens with zero attached hydrogens (tertiary/aromatic N) is 9. The Labute approximate surface area is 682 Å². The van der Waals surface area contributed by atoms with Crippen molar-refractivity contribution in [3.05, 3.63) is 431 Å². The van der Waals surface area contributed by atoms with E-state index in [0.717, 1.165) is 156 Å². The predicted octanol–water partition coefficient (Wildman–Crippen LogP) is 27.6. The Morgan fingerprint density at radius 2 is 0.475 bits per heavy atom. The zero-order valence-electron chi connectivity index (χ0n) is 64.0. The minimum Gasteiger partial charge on any atom is -0.308 e. The van der Waals surface area contributed by atoms with E-state index in [9.17, 15) is 0 Å². The molecule has 0 saturated carbocycles. The molecule has 0 radical (unpaired) electrons. The molecule has 0 N–H and O–H groups in total. The molecule has 9 heteroatoms. The highest BCUT2D eigenvalue weighted by Gasteiger charge is 2.24. The molecule has 0 unspecified atom stereocenters. The lowest BCUT2D eigenvalue weighted by molar-refractivity contribution is 1.18. The molecule has 22 aromatic rings. The zero-order chi connectivity index (χ0) is 78.2. The Morgan fingerprint density at radius 1 is 0.178 bits per heavy atom. The van der Waals surface area contributed by atoms with Crippen LogP contribution in [0.4, 0.5) is 0 Å². The minimum absolute atomic E-state index is 0.680. The molecule has 0 atom stereocenters. The molecule has 0 fully saturated rings. The molecular formula is C109H71N9. The number of rotatable bonds is 14. The predicted molar refractivity (Wildman–Crippen MR) is 486 cm³/mol. The maximum absolute atomic E-state index is 5.35. The van der Waals surface area contributed by atoms with E-state index in [2.05, 4.69) is 389 Å². The summed E-state index contributed by atoms with van der Waals surface area (Å²) in [6.07, 6.45) is 3.59. The fraction of sp³-hybridized carbons (Fsp3) is 0. The van der Waals surface area contributed by atoms with Crippen LogP contribution in [0.3, 0.4) is 0 Å². The molecule has 0 aliphatic heterocycles. The van der Waals surface area contributed by atoms with Gasteiger partial charge < -0.3 is 9.13 Å². The Kier molecular flexibility index (Phi) is 18.1. The van der Waals surface area contributed by atoms with E-state index < -0.39 is 0 Å². The van der Waals surface area contributed by atoms with Gasteiger partial charge in [-0.15, -0.1) is 0 Å². The van der Waals surface area contributed by atoms with Gasteiger partial charge in [0.25, 0.3) is 0 Å². The molecule has 8 aromatic heterocycles. The summed E-state index contributed by atoms with van der Waals surface area (Å²) >= 11 is 0. The van der Waals surface area contributed by atoms with Crippen molar-refractivity contribution < 1.29 is 0 Å². The zero-order valence-corrected chi connectivity index (χ0v) is 64.0. The molecule has 9 nitrogen and oxygen atoms in total. The third kappa shape index (κ3) is 13.3. The maximum Gasteiger partial charge on any atom is 0.160 e. The lowest BCUT2D eigenvalue weighted by Gasteiger charge is -2.12. The van der Waals surface area contributed by atoms with Gasteiger partial charge in [-0.3, -0.25) is 9.97 Å². The minimum atomic E-state index is 0.680. The second-order valence-electron chi connectivity index (χ2n) is 29.5. The average Bonchev–Trinajstić information content (AvgIpc) is 1.57. The molecular weight excluding hydrogens is 1440 g/mol. The van der Waals surface area contributed by atoms with Gasteiger partial charge in [0, 0.05) is 83.9 Å². The Hall–Kier alpha value is -16.0. The molecule has 0 aliphatic carbocycles. The second-order valence-corrected chi connectivity index (χ2v) is 29.5. The van der Waals surface area contributed by atoms with Crippen LogP contribution in [0.15, 0.2) is 431 Å². The van der Waals surface area contributed by atoms with Crippen LogP contribution in [0, 0.1) is 0 Å². The Morgan fingerprint density at radius 3 is 0.847 bits per heavy atom. The quantitative estimate of drug-likeness (QED) is 0.107. The third-order valence-electron chi connectivity index (χ3n) is 22.4. The maximum atomic E-state index is 5.35. The first kappa shape index (κ1) is 69.9. The summed E-state index contributed by atoms with van der Waals surface area (Å²) in [4.78, 5) is 35.1. The second kappa shape index (κ2) is 30.5. The number of fused-ring (bicyclic) bond motifs is 10. The molecule has 0 bridgehead atoms. The lowest BCUT2D eigenvalue weighted by atomic mass is 9.97. The van der Waals surface area contributed by atoms with Gasteiger partial charge in [-0.25, -0.2) is 24.9 Å². The largest absolute Gasteiger partial charge is 0.308 e. The summed E-state index contributed by atoms with van der Waals surface area (Å²) in [7, 11) is 0. The van der Waals surface area contributed by atoms with Crippen molar-refractivity contribution in [1.29, 1.82) is 0 Å². The van der Waals surface area contributed by atoms with E-state index in [1.165, 1.54) is 49.6 Å². The van der Waals surface area contributed by atoms with Gasteiger partial charge in [0.15, 0.2) is 5.82 Å². The van der Waals surface area contributed by atoms with Crippen molar-refractivity contribution in [3.8, 4) is 146 Å². The molecule has 14 aromatic carbocycles. The monoisotopic (exact) mass is 1510 g/mol. The van der Waals surface area contributed by atoms with E-state index in [0.29, 0.717) is 5.82 Å². The first-order valence-corrected chi connectivity index (χ1v) is 39.7. The topological polar surface area (TPSA) is 100 Å². The van der Waals surface area contributed by atoms with Crippen LogP contribution in [0.2, 0.25) is 0 Å². The van der Waals surface area contributed by atoms with Crippen molar-refractivity contribution in [1.82, 2.24) is 44.0 Å². The van der Waals surface area contributed by atoms with E-state index >= 15 is 0 Å². The van der Waals surface area contributed by atoms with Crippen molar-refractivity contribution in [2.24, 2.45) is 0 Å². The SMILES string of the molecule is c1ccc(-c2ccc(-c3cc(-c4ccc(-c5ccccc5)cc4)nc(-c4ccc(-c5ccc(-c6nc7ccccc7c7c6c6ccccc6n7-c6ccccc6)cc5)cc4)n3)cc2)cc1.c1ccc(-n2c3ccccc3c3c(-c4ccc(-c5ccc(-c6cc(-c7ccccn7)nc(-c7ccccn7)c6)cc5)cc4)nc4ccccc4c32)cc1. The van der Waals surface area contributed by atoms with Crippen molar-refractivity contribution in [2.45, 2.75) is 0 Å². The van der Waals surface area contributed by atoms with E-state index in [1.807, 2.05) is 48.5 Å². The smallest absolute Gasteiger partial charge is 0.160 e. The number of aromatic nitrogens is 9. The lowest BCUT2D eigenvalue weighted by Crippen LogP contribution is -1.96. The first-order chi connectivity index (χ1) is 58.5. The van der Waals surface area contributed by atoms with Gasteiger partial charge in [-0.1, -0.05) is 328 Å². The summed E-state index contributed by atoms with van der Waals surface area (Å²) in [6.45, 7) is 0. The molecule has 0 amide bonds. The highest BCUT2D eigenvalue weighted by atomic mass is 15.0. The van der Waals surface area contributed by atoms with Crippen LogP contribution in [-0.2, 0) is 0 Å². The average molecular weight is 1510 g/mol. The number of benzene rings is 14. The van der Waals surface area contributed by atoms with Gasteiger partial charge in [0.2, 0.25) is 0 Å². The van der Waals surface area contributed by atoms with Gasteiger partial charge in [0.05, 0.1) is 78.7 Å². The number of hydrogen-bond acceptors (Lipinski definition) is 7. The summed E-state index contributed by atoms with van der Waals surface area (Å²) in [5.41, 5.74) is 32.4. The van der Waals surface area contributed by atoms with Gasteiger partial charge in [-0.2, -0.15) is 0 Å². The van der Waals surface area contributed by atoms with Crippen LogP contribution in [0.25, 0.3) is 212 Å². The number of pyridine rings is 5. The number of para-hydroxylation sites is 6. The fourth-order valence-corrected chi connectivity index (χ4v) is 16.6. The number of hydrogen-bond donors (Lipinski definition) is 0. The summed E-state index contributed by atoms with van der Waals surface area (Å²) in [6, 6.07) is 147. The first-order valence-electron chi connectivity index (χ1n) is 39.7. The molecule has 22 rings (SSSR count). The van der Waals surface area contributed by atoms with Crippen molar-refractivity contribution in [3.63, 3.8) is 0 Å².